The Morgan fingerprint density at radius 2 is 1.65 bits per heavy atom. The molecule has 6 rings (SSSR count). The Morgan fingerprint density at radius 1 is 0.912 bits per heavy atom. The summed E-state index contributed by atoms with van der Waals surface area (Å²) in [6.07, 6.45) is 4.11. The molecule has 1 saturated heterocycles. The summed E-state index contributed by atoms with van der Waals surface area (Å²) in [5, 5.41) is 6.92. The van der Waals surface area contributed by atoms with Crippen molar-refractivity contribution in [3.63, 3.8) is 0 Å². The lowest BCUT2D eigenvalue weighted by Gasteiger charge is -2.20. The second-order valence-electron chi connectivity index (χ2n) is 8.63. The summed E-state index contributed by atoms with van der Waals surface area (Å²) in [4.78, 5) is 19.8. The zero-order valence-corrected chi connectivity index (χ0v) is 18.9. The second-order valence-corrected chi connectivity index (χ2v) is 8.63. The van der Waals surface area contributed by atoms with Gasteiger partial charge in [-0.1, -0.05) is 54.6 Å². The van der Waals surface area contributed by atoms with E-state index in [0.29, 0.717) is 11.6 Å². The maximum absolute atomic E-state index is 12.9. The lowest BCUT2D eigenvalue weighted by Crippen LogP contribution is -2.22. The summed E-state index contributed by atoms with van der Waals surface area (Å²) in [7, 11) is 0. The van der Waals surface area contributed by atoms with E-state index in [-0.39, 0.29) is 0 Å². The number of nitrogens with zero attached hydrogens (tertiary/aromatic N) is 4. The van der Waals surface area contributed by atoms with E-state index in [4.69, 9.17) is 9.84 Å². The van der Waals surface area contributed by atoms with Crippen LogP contribution >= 0.6 is 0 Å². The first kappa shape index (κ1) is 20.4. The molecule has 0 radical (unpaired) electrons. The van der Waals surface area contributed by atoms with Gasteiger partial charge in [-0.05, 0) is 54.8 Å². The number of aromatic nitrogens is 2. The molecule has 168 valence electrons. The summed E-state index contributed by atoms with van der Waals surface area (Å²) in [5.74, 6) is 0.890. The van der Waals surface area contributed by atoms with E-state index >= 15 is 0 Å². The van der Waals surface area contributed by atoms with Crippen LogP contribution in [-0.2, 0) is 9.53 Å². The Bertz CT molecular complexity index is 1460. The zero-order valence-electron chi connectivity index (χ0n) is 18.9. The predicted octanol–water partition coefficient (Wildman–Crippen LogP) is 5.28. The maximum atomic E-state index is 12.9. The average Bonchev–Trinajstić information content (AvgIpc) is 3.60. The number of aliphatic imine (C=N–C) groups is 1. The molecule has 3 heterocycles. The van der Waals surface area contributed by atoms with E-state index in [0.717, 1.165) is 65.0 Å². The first-order chi connectivity index (χ1) is 16.7. The van der Waals surface area contributed by atoms with Gasteiger partial charge < -0.3 is 9.64 Å². The molecule has 0 amide bonds. The number of hydrogen-bond acceptors (Lipinski definition) is 5. The number of rotatable bonds is 4. The van der Waals surface area contributed by atoms with Crippen molar-refractivity contribution in [2.75, 3.05) is 18.0 Å². The molecule has 34 heavy (non-hydrogen) atoms. The molecule has 2 aliphatic heterocycles. The maximum Gasteiger partial charge on any atom is 0.363 e. The third kappa shape index (κ3) is 3.48. The fourth-order valence-electron chi connectivity index (χ4n) is 4.75. The zero-order chi connectivity index (χ0) is 23.1. The van der Waals surface area contributed by atoms with Gasteiger partial charge in [0.25, 0.3) is 0 Å². The van der Waals surface area contributed by atoms with Crippen LogP contribution in [-0.4, -0.2) is 34.7 Å². The highest BCUT2D eigenvalue weighted by Crippen LogP contribution is 2.33. The third-order valence-electron chi connectivity index (χ3n) is 6.41. The van der Waals surface area contributed by atoms with Crippen molar-refractivity contribution in [2.45, 2.75) is 19.8 Å². The minimum atomic E-state index is -0.442. The molecule has 2 aliphatic rings. The highest BCUT2D eigenvalue weighted by atomic mass is 16.6. The number of anilines is 1. The van der Waals surface area contributed by atoms with Gasteiger partial charge in [0.2, 0.25) is 5.90 Å². The molecule has 3 aromatic carbocycles. The van der Waals surface area contributed by atoms with Crippen molar-refractivity contribution in [2.24, 2.45) is 4.99 Å². The van der Waals surface area contributed by atoms with Crippen molar-refractivity contribution in [1.29, 1.82) is 0 Å². The van der Waals surface area contributed by atoms with Crippen LogP contribution < -0.4 is 4.90 Å². The highest BCUT2D eigenvalue weighted by Gasteiger charge is 2.28. The molecule has 0 N–H and O–H groups in total. The summed E-state index contributed by atoms with van der Waals surface area (Å²) >= 11 is 0. The number of benzene rings is 3. The fourth-order valence-corrected chi connectivity index (χ4v) is 4.75. The van der Waals surface area contributed by atoms with Crippen molar-refractivity contribution in [1.82, 2.24) is 9.78 Å². The average molecular weight is 449 g/mol. The van der Waals surface area contributed by atoms with Crippen molar-refractivity contribution in [3.05, 3.63) is 95.3 Å². The van der Waals surface area contributed by atoms with Crippen molar-refractivity contribution >= 4 is 34.5 Å². The van der Waals surface area contributed by atoms with Gasteiger partial charge in [-0.15, -0.1) is 0 Å². The van der Waals surface area contributed by atoms with Gasteiger partial charge in [-0.3, -0.25) is 0 Å². The number of cyclic esters (lactones) is 1. The number of carbonyl (C=O) groups excluding carboxylic acids is 1. The topological polar surface area (TPSA) is 59.7 Å². The molecule has 0 bridgehead atoms. The van der Waals surface area contributed by atoms with Gasteiger partial charge in [0.1, 0.15) is 5.82 Å². The summed E-state index contributed by atoms with van der Waals surface area (Å²) in [6, 6.07) is 24.1. The normalized spacial score (nSPS) is 17.0. The molecule has 4 aromatic rings. The Hall–Kier alpha value is -4.19. The number of ether oxygens (including phenoxy) is 1. The molecule has 6 heteroatoms. The van der Waals surface area contributed by atoms with Crippen molar-refractivity contribution in [3.8, 4) is 5.69 Å². The molecule has 0 unspecified atom stereocenters. The lowest BCUT2D eigenvalue weighted by atomic mass is 10.0. The van der Waals surface area contributed by atoms with Crippen LogP contribution in [0.25, 0.3) is 22.5 Å². The van der Waals surface area contributed by atoms with Gasteiger partial charge in [0, 0.05) is 24.2 Å². The minimum Gasteiger partial charge on any atom is -0.402 e. The monoisotopic (exact) mass is 448 g/mol. The minimum absolute atomic E-state index is 0.291. The smallest absolute Gasteiger partial charge is 0.363 e. The first-order valence-corrected chi connectivity index (χ1v) is 11.6. The number of para-hydroxylation sites is 1. The van der Waals surface area contributed by atoms with Crippen LogP contribution in [0.2, 0.25) is 0 Å². The van der Waals surface area contributed by atoms with Crippen LogP contribution in [0, 0.1) is 6.92 Å². The number of carbonyl (C=O) groups is 1. The quantitative estimate of drug-likeness (QED) is 0.315. The molecule has 0 spiro atoms. The Morgan fingerprint density at radius 3 is 2.47 bits per heavy atom. The Balaban J connectivity index is 1.47. The fraction of sp³-hybridized carbons (Fsp3) is 0.179. The van der Waals surface area contributed by atoms with Crippen LogP contribution in [0.5, 0.6) is 0 Å². The molecule has 0 aliphatic carbocycles. The van der Waals surface area contributed by atoms with E-state index in [1.165, 1.54) is 0 Å². The number of aryl methyl sites for hydroxylation is 1. The lowest BCUT2D eigenvalue weighted by molar-refractivity contribution is -0.129. The molecule has 6 nitrogen and oxygen atoms in total. The van der Waals surface area contributed by atoms with Gasteiger partial charge in [0.05, 0.1) is 11.4 Å². The van der Waals surface area contributed by atoms with Crippen LogP contribution in [0.1, 0.15) is 29.7 Å². The highest BCUT2D eigenvalue weighted by molar-refractivity contribution is 6.17. The largest absolute Gasteiger partial charge is 0.402 e. The molecular formula is C28H24N4O2. The number of esters is 1. The van der Waals surface area contributed by atoms with E-state index < -0.39 is 5.97 Å². The molecule has 0 saturated carbocycles. The third-order valence-corrected chi connectivity index (χ3v) is 6.41. The molecule has 0 atom stereocenters. The van der Waals surface area contributed by atoms with E-state index in [9.17, 15) is 4.79 Å². The van der Waals surface area contributed by atoms with E-state index in [1.54, 1.807) is 0 Å². The van der Waals surface area contributed by atoms with Gasteiger partial charge >= 0.3 is 5.97 Å². The van der Waals surface area contributed by atoms with Crippen LogP contribution in [0.3, 0.4) is 0 Å². The summed E-state index contributed by atoms with van der Waals surface area (Å²) in [6.45, 7) is 3.90. The van der Waals surface area contributed by atoms with E-state index in [2.05, 4.69) is 9.89 Å². The van der Waals surface area contributed by atoms with Crippen LogP contribution in [0.4, 0.5) is 5.82 Å². The molecule has 1 aromatic heterocycles. The molecule has 1 fully saturated rings. The van der Waals surface area contributed by atoms with Crippen molar-refractivity contribution < 1.29 is 9.53 Å². The Kier molecular flexibility index (Phi) is 4.99. The standard InChI is InChI=1S/C28H24N4O2/c1-19-24(27(31-16-7-8-17-31)32(30-19)21-12-3-2-4-13-21)18-25-28(33)34-26(29-25)23-15-9-11-20-10-5-6-14-22(20)23/h2-6,9-15,18H,7-8,16-17H2,1H3/b25-18+. The van der Waals surface area contributed by atoms with Gasteiger partial charge in [-0.25, -0.2) is 14.5 Å². The predicted molar refractivity (Wildman–Crippen MR) is 134 cm³/mol. The number of fused-ring (bicyclic) bond motifs is 1. The first-order valence-electron chi connectivity index (χ1n) is 11.6. The number of hydrogen-bond donors (Lipinski definition) is 0. The summed E-state index contributed by atoms with van der Waals surface area (Å²) in [5.41, 5.74) is 3.84. The second kappa shape index (κ2) is 8.30. The Labute approximate surface area is 197 Å². The SMILES string of the molecule is Cc1nn(-c2ccccc2)c(N2CCCC2)c1/C=C1/N=C(c2cccc3ccccc23)OC1=O. The van der Waals surface area contributed by atoms with Crippen LogP contribution in [0.15, 0.2) is 83.5 Å². The van der Waals surface area contributed by atoms with Gasteiger partial charge in [0.15, 0.2) is 5.70 Å². The summed E-state index contributed by atoms with van der Waals surface area (Å²) < 4.78 is 7.61. The van der Waals surface area contributed by atoms with E-state index in [1.807, 2.05) is 90.5 Å². The van der Waals surface area contributed by atoms with Gasteiger partial charge in [-0.2, -0.15) is 5.10 Å². The molecular weight excluding hydrogens is 424 g/mol.